The molecule has 0 radical (unpaired) electrons. The Kier molecular flexibility index (Phi) is 12.8. The van der Waals surface area contributed by atoms with E-state index in [-0.39, 0.29) is 0 Å². The van der Waals surface area contributed by atoms with Gasteiger partial charge in [-0.15, -0.1) is 0 Å². The summed E-state index contributed by atoms with van der Waals surface area (Å²) in [4.78, 5) is 0. The Morgan fingerprint density at radius 3 is 1.19 bits per heavy atom. The zero-order valence-electron chi connectivity index (χ0n) is 13.2. The normalized spacial score (nSPS) is 8.48. The van der Waals surface area contributed by atoms with Crippen LogP contribution in [0, 0.1) is 0 Å². The maximum absolute atomic E-state index is 4.83. The minimum Gasteiger partial charge on any atom is -0.382 e. The van der Waals surface area contributed by atoms with Gasteiger partial charge in [-0.05, 0) is 25.0 Å². The van der Waals surface area contributed by atoms with E-state index in [2.05, 4.69) is 13.2 Å². The Balaban J connectivity index is 0.000000296. The molecule has 2 rings (SSSR count). The lowest BCUT2D eigenvalue weighted by atomic mass is 10.2. The van der Waals surface area contributed by atoms with Crippen molar-refractivity contribution in [3.05, 3.63) is 84.9 Å². The van der Waals surface area contributed by atoms with Crippen molar-refractivity contribution in [3.63, 3.8) is 0 Å². The highest BCUT2D eigenvalue weighted by atomic mass is 16.5. The third kappa shape index (κ3) is 11.4. The van der Waals surface area contributed by atoms with Crippen LogP contribution in [0.15, 0.2) is 73.8 Å². The van der Waals surface area contributed by atoms with E-state index in [4.69, 9.17) is 4.74 Å². The predicted molar refractivity (Wildman–Crippen MR) is 95.2 cm³/mol. The molecule has 2 aromatic rings. The highest BCUT2D eigenvalue weighted by Crippen LogP contribution is 1.98. The molecule has 0 N–H and O–H groups in total. The van der Waals surface area contributed by atoms with Gasteiger partial charge < -0.3 is 4.74 Å². The van der Waals surface area contributed by atoms with Gasteiger partial charge in [-0.2, -0.15) is 0 Å². The third-order valence-corrected chi connectivity index (χ3v) is 2.48. The summed E-state index contributed by atoms with van der Waals surface area (Å²) in [5.74, 6) is 0. The summed E-state index contributed by atoms with van der Waals surface area (Å²) in [5.41, 5.74) is 2.35. The summed E-state index contributed by atoms with van der Waals surface area (Å²) in [7, 11) is 0. The lowest BCUT2D eigenvalue weighted by Gasteiger charge is -1.86. The zero-order chi connectivity index (χ0) is 15.8. The van der Waals surface area contributed by atoms with Gasteiger partial charge in [-0.3, -0.25) is 0 Å². The van der Waals surface area contributed by atoms with E-state index < -0.39 is 0 Å². The minimum absolute atomic E-state index is 0.844. The molecule has 0 aliphatic rings. The Morgan fingerprint density at radius 1 is 0.714 bits per heavy atom. The van der Waals surface area contributed by atoms with Crippen LogP contribution in [-0.4, -0.2) is 13.2 Å². The van der Waals surface area contributed by atoms with Gasteiger partial charge in [0.05, 0.1) is 0 Å². The van der Waals surface area contributed by atoms with Gasteiger partial charge in [0.25, 0.3) is 0 Å². The van der Waals surface area contributed by atoms with Gasteiger partial charge in [-0.25, -0.2) is 0 Å². The van der Waals surface area contributed by atoms with Crippen molar-refractivity contribution in [3.8, 4) is 0 Å². The molecule has 2 aromatic carbocycles. The minimum atomic E-state index is 0.844. The molecule has 0 saturated heterocycles. The first-order chi connectivity index (χ1) is 10.3. The lowest BCUT2D eigenvalue weighted by molar-refractivity contribution is 0.162. The summed E-state index contributed by atoms with van der Waals surface area (Å²) in [6.07, 6.45) is 3.67. The molecule has 0 bridgehead atoms. The smallest absolute Gasteiger partial charge is 0.0437 e. The van der Waals surface area contributed by atoms with Gasteiger partial charge in [0.15, 0.2) is 0 Å². The SMILES string of the molecule is C=Cc1ccccc1.C=Cc1ccccc1.CCOCC. The van der Waals surface area contributed by atoms with Crippen LogP contribution in [-0.2, 0) is 4.74 Å². The van der Waals surface area contributed by atoms with Gasteiger partial charge >= 0.3 is 0 Å². The van der Waals surface area contributed by atoms with E-state index in [1.807, 2.05) is 86.7 Å². The van der Waals surface area contributed by atoms with Crippen LogP contribution in [0.1, 0.15) is 25.0 Å². The molecule has 1 heteroatoms. The lowest BCUT2D eigenvalue weighted by Crippen LogP contribution is -1.84. The monoisotopic (exact) mass is 282 g/mol. The molecule has 0 fully saturated rings. The number of benzene rings is 2. The largest absolute Gasteiger partial charge is 0.382 e. The maximum atomic E-state index is 4.83. The van der Waals surface area contributed by atoms with Crippen molar-refractivity contribution in [2.75, 3.05) is 13.2 Å². The van der Waals surface area contributed by atoms with Crippen LogP contribution in [0.2, 0.25) is 0 Å². The Hall–Kier alpha value is -2.12. The quantitative estimate of drug-likeness (QED) is 0.698. The summed E-state index contributed by atoms with van der Waals surface area (Å²) >= 11 is 0. The summed E-state index contributed by atoms with van der Waals surface area (Å²) in [6.45, 7) is 12.9. The van der Waals surface area contributed by atoms with E-state index in [0.717, 1.165) is 13.2 Å². The topological polar surface area (TPSA) is 9.23 Å². The standard InChI is InChI=1S/2C8H8.C4H10O/c2*1-2-8-6-4-3-5-7-8;1-3-5-4-2/h2*2-7H,1H2;3-4H2,1-2H3. The molecule has 0 aliphatic heterocycles. The molecule has 0 saturated carbocycles. The van der Waals surface area contributed by atoms with E-state index >= 15 is 0 Å². The summed E-state index contributed by atoms with van der Waals surface area (Å²) in [5, 5.41) is 0. The molecule has 0 unspecified atom stereocenters. The molecular formula is C20H26O. The summed E-state index contributed by atoms with van der Waals surface area (Å²) in [6, 6.07) is 20.1. The molecule has 0 aliphatic carbocycles. The Bertz CT molecular complexity index is 414. The predicted octanol–water partition coefficient (Wildman–Crippen LogP) is 5.70. The Labute approximate surface area is 129 Å². The van der Waals surface area contributed by atoms with E-state index in [0.29, 0.717) is 0 Å². The molecular weight excluding hydrogens is 256 g/mol. The second-order valence-corrected chi connectivity index (χ2v) is 4.01. The molecule has 112 valence electrons. The fourth-order valence-corrected chi connectivity index (χ4v) is 1.38. The average molecular weight is 282 g/mol. The van der Waals surface area contributed by atoms with Crippen molar-refractivity contribution in [2.45, 2.75) is 13.8 Å². The number of rotatable bonds is 4. The molecule has 0 atom stereocenters. The fourth-order valence-electron chi connectivity index (χ4n) is 1.38. The van der Waals surface area contributed by atoms with Crippen molar-refractivity contribution >= 4 is 12.2 Å². The second-order valence-electron chi connectivity index (χ2n) is 4.01. The zero-order valence-corrected chi connectivity index (χ0v) is 13.2. The van der Waals surface area contributed by atoms with Gasteiger partial charge in [0.2, 0.25) is 0 Å². The van der Waals surface area contributed by atoms with E-state index in [9.17, 15) is 0 Å². The summed E-state index contributed by atoms with van der Waals surface area (Å²) < 4.78 is 4.83. The Morgan fingerprint density at radius 2 is 1.05 bits per heavy atom. The van der Waals surface area contributed by atoms with Crippen LogP contribution in [0.4, 0.5) is 0 Å². The van der Waals surface area contributed by atoms with Crippen molar-refractivity contribution < 1.29 is 4.74 Å². The van der Waals surface area contributed by atoms with E-state index in [1.54, 1.807) is 0 Å². The third-order valence-electron chi connectivity index (χ3n) is 2.48. The molecule has 0 heterocycles. The van der Waals surface area contributed by atoms with Crippen LogP contribution >= 0.6 is 0 Å². The number of hydrogen-bond acceptors (Lipinski definition) is 1. The van der Waals surface area contributed by atoms with Crippen molar-refractivity contribution in [2.24, 2.45) is 0 Å². The average Bonchev–Trinajstić information content (AvgIpc) is 2.58. The highest BCUT2D eigenvalue weighted by Gasteiger charge is 1.76. The van der Waals surface area contributed by atoms with Gasteiger partial charge in [-0.1, -0.05) is 86.0 Å². The van der Waals surface area contributed by atoms with Crippen LogP contribution in [0.3, 0.4) is 0 Å². The number of ether oxygens (including phenoxy) is 1. The highest BCUT2D eigenvalue weighted by molar-refractivity contribution is 5.46. The molecule has 0 aromatic heterocycles. The molecule has 1 nitrogen and oxygen atoms in total. The molecule has 0 spiro atoms. The van der Waals surface area contributed by atoms with Crippen molar-refractivity contribution in [1.82, 2.24) is 0 Å². The van der Waals surface area contributed by atoms with Gasteiger partial charge in [0.1, 0.15) is 0 Å². The van der Waals surface area contributed by atoms with Crippen LogP contribution in [0.5, 0.6) is 0 Å². The van der Waals surface area contributed by atoms with Crippen LogP contribution in [0.25, 0.3) is 12.2 Å². The second kappa shape index (κ2) is 14.3. The maximum Gasteiger partial charge on any atom is 0.0437 e. The first kappa shape index (κ1) is 18.9. The first-order valence-corrected chi connectivity index (χ1v) is 7.21. The first-order valence-electron chi connectivity index (χ1n) is 7.21. The van der Waals surface area contributed by atoms with Crippen molar-refractivity contribution in [1.29, 1.82) is 0 Å². The van der Waals surface area contributed by atoms with E-state index in [1.165, 1.54) is 11.1 Å². The fraction of sp³-hybridized carbons (Fsp3) is 0.200. The number of hydrogen-bond donors (Lipinski definition) is 0. The van der Waals surface area contributed by atoms with Gasteiger partial charge in [0, 0.05) is 13.2 Å². The molecule has 21 heavy (non-hydrogen) atoms. The van der Waals surface area contributed by atoms with Crippen LogP contribution < -0.4 is 0 Å². The molecule has 0 amide bonds.